The van der Waals surface area contributed by atoms with Crippen LogP contribution < -0.4 is 5.32 Å². The van der Waals surface area contributed by atoms with Crippen LogP contribution in [-0.2, 0) is 22.6 Å². The van der Waals surface area contributed by atoms with Crippen molar-refractivity contribution in [1.82, 2.24) is 10.3 Å². The first-order chi connectivity index (χ1) is 14.2. The summed E-state index contributed by atoms with van der Waals surface area (Å²) in [5, 5.41) is 5.52. The lowest BCUT2D eigenvalue weighted by Gasteiger charge is -2.22. The standard InChI is InChI=1S/C21H21ClN2O3S2/c22-19-5-4-18(29-19)21-24-17(13-28-21)20(25)23-11-14-2-1-3-15(10-14)12-27-16-6-8-26-9-7-16/h1-5,10,13,16H,6-9,11-12H2,(H,23,25). The molecule has 8 heteroatoms. The van der Waals surface area contributed by atoms with Crippen LogP contribution in [0.3, 0.4) is 0 Å². The molecule has 152 valence electrons. The number of ether oxygens (including phenoxy) is 2. The zero-order valence-electron chi connectivity index (χ0n) is 15.7. The molecule has 2 aromatic heterocycles. The van der Waals surface area contributed by atoms with Crippen LogP contribution in [-0.4, -0.2) is 30.2 Å². The molecule has 3 aromatic rings. The van der Waals surface area contributed by atoms with Crippen LogP contribution >= 0.6 is 34.3 Å². The summed E-state index contributed by atoms with van der Waals surface area (Å²) in [6.07, 6.45) is 2.16. The van der Waals surface area contributed by atoms with Crippen LogP contribution in [0.25, 0.3) is 9.88 Å². The molecular weight excluding hydrogens is 428 g/mol. The summed E-state index contributed by atoms with van der Waals surface area (Å²) in [4.78, 5) is 17.9. The van der Waals surface area contributed by atoms with Crippen molar-refractivity contribution >= 4 is 40.2 Å². The van der Waals surface area contributed by atoms with Crippen LogP contribution in [0, 0.1) is 0 Å². The SMILES string of the molecule is O=C(NCc1cccc(COC2CCOCC2)c1)c1csc(-c2ccc(Cl)s2)n1. The van der Waals surface area contributed by atoms with Gasteiger partial charge in [-0.15, -0.1) is 22.7 Å². The Balaban J connectivity index is 1.30. The number of hydrogen-bond donors (Lipinski definition) is 1. The van der Waals surface area contributed by atoms with Crippen molar-refractivity contribution in [3.63, 3.8) is 0 Å². The number of nitrogens with one attached hydrogen (secondary N) is 1. The highest BCUT2D eigenvalue weighted by Crippen LogP contribution is 2.32. The van der Waals surface area contributed by atoms with Crippen LogP contribution in [0.5, 0.6) is 0 Å². The first-order valence-corrected chi connectivity index (χ1v) is 11.5. The minimum Gasteiger partial charge on any atom is -0.381 e. The topological polar surface area (TPSA) is 60.5 Å². The van der Waals surface area contributed by atoms with Crippen molar-refractivity contribution in [3.05, 3.63) is 62.9 Å². The Hall–Kier alpha value is -1.77. The molecule has 4 rings (SSSR count). The largest absolute Gasteiger partial charge is 0.381 e. The lowest BCUT2D eigenvalue weighted by atomic mass is 10.1. The van der Waals surface area contributed by atoms with Gasteiger partial charge in [-0.05, 0) is 36.1 Å². The smallest absolute Gasteiger partial charge is 0.271 e. The number of carbonyl (C=O) groups excluding carboxylic acids is 1. The number of halogens is 1. The van der Waals surface area contributed by atoms with Gasteiger partial charge in [0.05, 0.1) is 21.9 Å². The van der Waals surface area contributed by atoms with E-state index in [-0.39, 0.29) is 12.0 Å². The zero-order chi connectivity index (χ0) is 20.1. The summed E-state index contributed by atoms with van der Waals surface area (Å²) in [7, 11) is 0. The van der Waals surface area contributed by atoms with Gasteiger partial charge in [-0.2, -0.15) is 0 Å². The number of nitrogens with zero attached hydrogens (tertiary/aromatic N) is 1. The summed E-state index contributed by atoms with van der Waals surface area (Å²) in [6, 6.07) is 11.9. The molecule has 5 nitrogen and oxygen atoms in total. The van der Waals surface area contributed by atoms with E-state index in [9.17, 15) is 4.79 Å². The molecule has 1 saturated heterocycles. The third-order valence-corrected chi connectivity index (χ3v) is 6.86. The molecule has 1 amide bonds. The van der Waals surface area contributed by atoms with Crippen molar-refractivity contribution in [1.29, 1.82) is 0 Å². The summed E-state index contributed by atoms with van der Waals surface area (Å²) < 4.78 is 12.1. The van der Waals surface area contributed by atoms with Gasteiger partial charge in [-0.25, -0.2) is 4.98 Å². The van der Waals surface area contributed by atoms with Crippen molar-refractivity contribution in [2.45, 2.75) is 32.1 Å². The predicted octanol–water partition coefficient (Wildman–Crippen LogP) is 5.15. The number of thiazole rings is 1. The summed E-state index contributed by atoms with van der Waals surface area (Å²) in [6.45, 7) is 2.57. The maximum absolute atomic E-state index is 12.5. The summed E-state index contributed by atoms with van der Waals surface area (Å²) >= 11 is 8.88. The van der Waals surface area contributed by atoms with Gasteiger partial charge in [-0.3, -0.25) is 4.79 Å². The molecule has 3 heterocycles. The Morgan fingerprint density at radius 2 is 2.07 bits per heavy atom. The molecule has 1 fully saturated rings. The molecule has 0 aliphatic carbocycles. The van der Waals surface area contributed by atoms with Crippen LogP contribution in [0.2, 0.25) is 4.34 Å². The number of thiophene rings is 1. The summed E-state index contributed by atoms with van der Waals surface area (Å²) in [5.41, 5.74) is 2.56. The van der Waals surface area contributed by atoms with E-state index in [1.54, 1.807) is 5.38 Å². The molecule has 1 N–H and O–H groups in total. The van der Waals surface area contributed by atoms with Crippen LogP contribution in [0.1, 0.15) is 34.5 Å². The minimum absolute atomic E-state index is 0.181. The van der Waals surface area contributed by atoms with Gasteiger partial charge < -0.3 is 14.8 Å². The monoisotopic (exact) mass is 448 g/mol. The van der Waals surface area contributed by atoms with Gasteiger partial charge >= 0.3 is 0 Å². The maximum Gasteiger partial charge on any atom is 0.271 e. The average molecular weight is 449 g/mol. The second-order valence-electron chi connectivity index (χ2n) is 6.77. The number of hydrogen-bond acceptors (Lipinski definition) is 6. The van der Waals surface area contributed by atoms with Gasteiger partial charge in [0.1, 0.15) is 10.7 Å². The summed E-state index contributed by atoms with van der Waals surface area (Å²) in [5.74, 6) is -0.181. The average Bonchev–Trinajstić information content (AvgIpc) is 3.41. The molecule has 0 spiro atoms. The highest BCUT2D eigenvalue weighted by atomic mass is 35.5. The third kappa shape index (κ3) is 5.65. The molecule has 0 radical (unpaired) electrons. The number of amides is 1. The van der Waals surface area contributed by atoms with E-state index in [4.69, 9.17) is 21.1 Å². The van der Waals surface area contributed by atoms with Crippen molar-refractivity contribution in [2.24, 2.45) is 0 Å². The molecular formula is C21H21ClN2O3S2. The Bertz CT molecular complexity index is 966. The molecule has 1 aliphatic heterocycles. The van der Waals surface area contributed by atoms with Gasteiger partial charge in [-0.1, -0.05) is 35.9 Å². The van der Waals surface area contributed by atoms with E-state index in [0.717, 1.165) is 47.1 Å². The van der Waals surface area contributed by atoms with E-state index in [1.807, 2.05) is 30.3 Å². The second kappa shape index (κ2) is 9.82. The fourth-order valence-electron chi connectivity index (χ4n) is 3.08. The van der Waals surface area contributed by atoms with Crippen LogP contribution in [0.15, 0.2) is 41.8 Å². The van der Waals surface area contributed by atoms with Crippen LogP contribution in [0.4, 0.5) is 0 Å². The van der Waals surface area contributed by atoms with Gasteiger partial charge in [0, 0.05) is 25.1 Å². The van der Waals surface area contributed by atoms with E-state index in [0.29, 0.717) is 23.2 Å². The van der Waals surface area contributed by atoms with E-state index >= 15 is 0 Å². The molecule has 0 atom stereocenters. The highest BCUT2D eigenvalue weighted by Gasteiger charge is 2.15. The normalized spacial score (nSPS) is 14.8. The minimum atomic E-state index is -0.181. The Morgan fingerprint density at radius 1 is 1.24 bits per heavy atom. The number of aromatic nitrogens is 1. The second-order valence-corrected chi connectivity index (χ2v) is 9.34. The zero-order valence-corrected chi connectivity index (χ0v) is 18.1. The van der Waals surface area contributed by atoms with E-state index in [2.05, 4.69) is 16.4 Å². The van der Waals surface area contributed by atoms with Gasteiger partial charge in [0.2, 0.25) is 0 Å². The predicted molar refractivity (Wildman–Crippen MR) is 117 cm³/mol. The quantitative estimate of drug-likeness (QED) is 0.543. The fraction of sp³-hybridized carbons (Fsp3) is 0.333. The molecule has 1 aromatic carbocycles. The first kappa shape index (κ1) is 20.5. The van der Waals surface area contributed by atoms with Crippen molar-refractivity contribution in [2.75, 3.05) is 13.2 Å². The number of carbonyl (C=O) groups is 1. The van der Waals surface area contributed by atoms with Gasteiger partial charge in [0.25, 0.3) is 5.91 Å². The lowest BCUT2D eigenvalue weighted by molar-refractivity contribution is -0.0390. The number of rotatable bonds is 7. The van der Waals surface area contributed by atoms with Crippen molar-refractivity contribution in [3.8, 4) is 9.88 Å². The molecule has 29 heavy (non-hydrogen) atoms. The van der Waals surface area contributed by atoms with Crippen molar-refractivity contribution < 1.29 is 14.3 Å². The number of benzene rings is 1. The Labute approximate surface area is 182 Å². The lowest BCUT2D eigenvalue weighted by Crippen LogP contribution is -2.23. The van der Waals surface area contributed by atoms with E-state index < -0.39 is 0 Å². The molecule has 1 aliphatic rings. The Kier molecular flexibility index (Phi) is 6.94. The molecule has 0 saturated carbocycles. The first-order valence-electron chi connectivity index (χ1n) is 9.44. The molecule has 0 bridgehead atoms. The third-order valence-electron chi connectivity index (χ3n) is 4.62. The van der Waals surface area contributed by atoms with Gasteiger partial charge in [0.15, 0.2) is 0 Å². The maximum atomic E-state index is 12.5. The molecule has 0 unspecified atom stereocenters. The van der Waals surface area contributed by atoms with E-state index in [1.165, 1.54) is 22.7 Å². The highest BCUT2D eigenvalue weighted by molar-refractivity contribution is 7.23. The fourth-order valence-corrected chi connectivity index (χ4v) is 4.99. The Morgan fingerprint density at radius 3 is 2.86 bits per heavy atom.